The molecule has 3 heterocycles. The number of aromatic nitrogens is 4. The van der Waals surface area contributed by atoms with Crippen LogP contribution in [0.3, 0.4) is 0 Å². The summed E-state index contributed by atoms with van der Waals surface area (Å²) in [5.74, 6) is 0.856. The predicted octanol–water partition coefficient (Wildman–Crippen LogP) is 4.22. The van der Waals surface area contributed by atoms with Crippen molar-refractivity contribution in [3.05, 3.63) is 22.6 Å². The molecule has 4 nitrogen and oxygen atoms in total. The molecule has 0 aromatic carbocycles. The van der Waals surface area contributed by atoms with Gasteiger partial charge in [0.05, 0.1) is 5.39 Å². The van der Waals surface area contributed by atoms with E-state index in [0.29, 0.717) is 0 Å². The molecule has 0 fully saturated rings. The molecular formula is C15H16N4S3. The highest BCUT2D eigenvalue weighted by atomic mass is 32.2. The SMILES string of the molecule is C=C(C)CSc1nnc2c3c4c(sc3nc(SC)n12)CCC4. The van der Waals surface area contributed by atoms with Crippen molar-refractivity contribution >= 4 is 50.7 Å². The van der Waals surface area contributed by atoms with Gasteiger partial charge in [-0.25, -0.2) is 9.38 Å². The number of thiophene rings is 1. The standard InChI is InChI=1S/C15H16N4S3/c1-8(2)7-21-15-18-17-12-11-9-5-4-6-10(9)22-13(11)16-14(20-3)19(12)15/h1,4-7H2,2-3H3. The van der Waals surface area contributed by atoms with Crippen molar-refractivity contribution in [2.24, 2.45) is 0 Å². The first-order valence-corrected chi connectivity index (χ1v) is 10.2. The highest BCUT2D eigenvalue weighted by Crippen LogP contribution is 2.40. The molecule has 3 aromatic heterocycles. The van der Waals surface area contributed by atoms with Gasteiger partial charge in [-0.1, -0.05) is 35.7 Å². The lowest BCUT2D eigenvalue weighted by Gasteiger charge is -2.05. The molecule has 0 saturated carbocycles. The number of aryl methyl sites for hydroxylation is 2. The minimum atomic E-state index is 0.856. The lowest BCUT2D eigenvalue weighted by molar-refractivity contribution is 0.818. The van der Waals surface area contributed by atoms with Gasteiger partial charge in [0.2, 0.25) is 0 Å². The number of hydrogen-bond acceptors (Lipinski definition) is 6. The molecular weight excluding hydrogens is 332 g/mol. The molecule has 0 amide bonds. The first kappa shape index (κ1) is 14.5. The number of nitrogens with zero attached hydrogens (tertiary/aromatic N) is 4. The second-order valence-corrected chi connectivity index (χ2v) is 8.32. The van der Waals surface area contributed by atoms with Crippen LogP contribution in [0.5, 0.6) is 0 Å². The van der Waals surface area contributed by atoms with Crippen LogP contribution in [0.25, 0.3) is 15.9 Å². The van der Waals surface area contributed by atoms with Crippen LogP contribution in [-0.2, 0) is 12.8 Å². The maximum atomic E-state index is 4.87. The number of hydrogen-bond donors (Lipinski definition) is 0. The van der Waals surface area contributed by atoms with E-state index in [9.17, 15) is 0 Å². The summed E-state index contributed by atoms with van der Waals surface area (Å²) in [6.07, 6.45) is 5.63. The van der Waals surface area contributed by atoms with E-state index >= 15 is 0 Å². The summed E-state index contributed by atoms with van der Waals surface area (Å²) in [5.41, 5.74) is 3.56. The Kier molecular flexibility index (Phi) is 3.66. The summed E-state index contributed by atoms with van der Waals surface area (Å²) in [7, 11) is 0. The van der Waals surface area contributed by atoms with E-state index in [-0.39, 0.29) is 0 Å². The number of thioether (sulfide) groups is 2. The summed E-state index contributed by atoms with van der Waals surface area (Å²) >= 11 is 5.16. The van der Waals surface area contributed by atoms with E-state index in [4.69, 9.17) is 4.98 Å². The van der Waals surface area contributed by atoms with Crippen LogP contribution in [0.15, 0.2) is 22.5 Å². The molecule has 0 N–H and O–H groups in total. The van der Waals surface area contributed by atoms with E-state index in [1.54, 1.807) is 23.5 Å². The summed E-state index contributed by atoms with van der Waals surface area (Å²) in [5, 5.41) is 12.0. The van der Waals surface area contributed by atoms with Gasteiger partial charge in [0, 0.05) is 10.6 Å². The molecule has 7 heteroatoms. The maximum Gasteiger partial charge on any atom is 0.198 e. The van der Waals surface area contributed by atoms with Gasteiger partial charge in [0.15, 0.2) is 16.0 Å². The molecule has 0 unspecified atom stereocenters. The summed E-state index contributed by atoms with van der Waals surface area (Å²) < 4.78 is 2.12. The molecule has 0 spiro atoms. The van der Waals surface area contributed by atoms with Crippen LogP contribution >= 0.6 is 34.9 Å². The molecule has 0 bridgehead atoms. The molecule has 0 saturated heterocycles. The fraction of sp³-hybridized carbons (Fsp3) is 0.400. The molecule has 114 valence electrons. The van der Waals surface area contributed by atoms with Crippen molar-refractivity contribution in [3.63, 3.8) is 0 Å². The molecule has 1 aliphatic carbocycles. The third kappa shape index (κ3) is 2.18. The van der Waals surface area contributed by atoms with Crippen molar-refractivity contribution in [3.8, 4) is 0 Å². The normalized spacial score (nSPS) is 14.1. The average Bonchev–Trinajstić information content (AvgIpc) is 3.16. The smallest absolute Gasteiger partial charge is 0.198 e. The molecule has 3 aromatic rings. The quantitative estimate of drug-likeness (QED) is 0.401. The Balaban J connectivity index is 1.98. The average molecular weight is 349 g/mol. The van der Waals surface area contributed by atoms with Gasteiger partial charge in [-0.05, 0) is 38.0 Å². The molecule has 0 aliphatic heterocycles. The fourth-order valence-corrected chi connectivity index (χ4v) is 5.54. The Morgan fingerprint density at radius 2 is 2.18 bits per heavy atom. The first-order valence-electron chi connectivity index (χ1n) is 7.19. The largest absolute Gasteiger partial charge is 0.248 e. The molecule has 1 aliphatic rings. The van der Waals surface area contributed by atoms with E-state index in [0.717, 1.165) is 38.5 Å². The van der Waals surface area contributed by atoms with E-state index in [1.165, 1.54) is 28.7 Å². The van der Waals surface area contributed by atoms with Crippen LogP contribution in [0.2, 0.25) is 0 Å². The van der Waals surface area contributed by atoms with Gasteiger partial charge < -0.3 is 0 Å². The zero-order chi connectivity index (χ0) is 15.3. The second-order valence-electron chi connectivity index (χ2n) is 5.52. The molecule has 4 rings (SSSR count). The minimum absolute atomic E-state index is 0.856. The maximum absolute atomic E-state index is 4.87. The van der Waals surface area contributed by atoms with Gasteiger partial charge in [0.25, 0.3) is 0 Å². The van der Waals surface area contributed by atoms with Gasteiger partial charge >= 0.3 is 0 Å². The number of fused-ring (bicyclic) bond motifs is 5. The van der Waals surface area contributed by atoms with Crippen LogP contribution in [0, 0.1) is 0 Å². The third-order valence-electron chi connectivity index (χ3n) is 3.78. The molecule has 0 atom stereocenters. The topological polar surface area (TPSA) is 43.1 Å². The van der Waals surface area contributed by atoms with Gasteiger partial charge in [-0.15, -0.1) is 21.5 Å². The third-order valence-corrected chi connectivity index (χ3v) is 6.76. The van der Waals surface area contributed by atoms with E-state index < -0.39 is 0 Å². The van der Waals surface area contributed by atoms with Crippen LogP contribution in [0.1, 0.15) is 23.8 Å². The van der Waals surface area contributed by atoms with Crippen molar-refractivity contribution in [1.29, 1.82) is 0 Å². The Labute approximate surface area is 141 Å². The van der Waals surface area contributed by atoms with E-state index in [2.05, 4.69) is 27.4 Å². The van der Waals surface area contributed by atoms with Gasteiger partial charge in [-0.2, -0.15) is 0 Å². The van der Waals surface area contributed by atoms with Crippen LogP contribution in [0.4, 0.5) is 0 Å². The minimum Gasteiger partial charge on any atom is -0.248 e. The Hall–Kier alpha value is -1.05. The molecule has 0 radical (unpaired) electrons. The van der Waals surface area contributed by atoms with Crippen molar-refractivity contribution in [2.45, 2.75) is 36.5 Å². The van der Waals surface area contributed by atoms with Crippen molar-refractivity contribution in [1.82, 2.24) is 19.6 Å². The van der Waals surface area contributed by atoms with Gasteiger partial charge in [-0.3, -0.25) is 0 Å². The first-order chi connectivity index (χ1) is 10.7. The van der Waals surface area contributed by atoms with Crippen molar-refractivity contribution in [2.75, 3.05) is 12.0 Å². The van der Waals surface area contributed by atoms with Crippen LogP contribution in [-0.4, -0.2) is 31.6 Å². The Morgan fingerprint density at radius 1 is 1.32 bits per heavy atom. The fourth-order valence-electron chi connectivity index (χ4n) is 2.86. The zero-order valence-corrected chi connectivity index (χ0v) is 15.0. The predicted molar refractivity (Wildman–Crippen MR) is 95.5 cm³/mol. The monoisotopic (exact) mass is 348 g/mol. The molecule has 22 heavy (non-hydrogen) atoms. The van der Waals surface area contributed by atoms with Gasteiger partial charge in [0.1, 0.15) is 4.83 Å². The number of rotatable bonds is 4. The lowest BCUT2D eigenvalue weighted by Crippen LogP contribution is -1.97. The zero-order valence-electron chi connectivity index (χ0n) is 12.5. The van der Waals surface area contributed by atoms with Crippen molar-refractivity contribution < 1.29 is 0 Å². The summed E-state index contributed by atoms with van der Waals surface area (Å²) in [4.78, 5) is 7.48. The van der Waals surface area contributed by atoms with Crippen LogP contribution < -0.4 is 0 Å². The van der Waals surface area contributed by atoms with E-state index in [1.807, 2.05) is 18.3 Å². The highest BCUT2D eigenvalue weighted by Gasteiger charge is 2.24. The Bertz CT molecular complexity index is 893. The summed E-state index contributed by atoms with van der Waals surface area (Å²) in [6, 6.07) is 0. The summed E-state index contributed by atoms with van der Waals surface area (Å²) in [6.45, 7) is 6.00. The highest BCUT2D eigenvalue weighted by molar-refractivity contribution is 7.99. The lowest BCUT2D eigenvalue weighted by atomic mass is 10.2. The second kappa shape index (κ2) is 5.54. The Morgan fingerprint density at radius 3 is 2.95 bits per heavy atom.